The molecule has 0 unspecified atom stereocenters. The monoisotopic (exact) mass is 174 g/mol. The fraction of sp³-hybridized carbons (Fsp3) is 1.00. The second-order valence-electron chi connectivity index (χ2n) is 1.88. The minimum atomic E-state index is 0. The van der Waals surface area contributed by atoms with Crippen LogP contribution in [0.2, 0.25) is 0 Å². The van der Waals surface area contributed by atoms with Gasteiger partial charge in [0.15, 0.2) is 0 Å². The molecule has 7 heavy (non-hydrogen) atoms. The Kier molecular flexibility index (Phi) is 4.90. The molecular weight excluding hydrogens is 164 g/mol. The second kappa shape index (κ2) is 4.16. The SMILES string of the molecule is BrC1CCCC1.[H-].[H-].[Mg+2]. The number of hydrogen-bond acceptors (Lipinski definition) is 0. The van der Waals surface area contributed by atoms with Crippen LogP contribution < -0.4 is 0 Å². The fourth-order valence-electron chi connectivity index (χ4n) is 0.876. The van der Waals surface area contributed by atoms with E-state index < -0.39 is 0 Å². The molecule has 0 aromatic heterocycles. The van der Waals surface area contributed by atoms with Crippen LogP contribution in [0, 0.1) is 0 Å². The van der Waals surface area contributed by atoms with E-state index in [9.17, 15) is 0 Å². The molecule has 2 heteroatoms. The largest absolute Gasteiger partial charge is 2.00 e. The molecule has 0 N–H and O–H groups in total. The van der Waals surface area contributed by atoms with Crippen molar-refractivity contribution in [2.75, 3.05) is 0 Å². The van der Waals surface area contributed by atoms with Gasteiger partial charge in [-0.1, -0.05) is 28.8 Å². The van der Waals surface area contributed by atoms with Crippen LogP contribution in [0.25, 0.3) is 0 Å². The zero-order chi connectivity index (χ0) is 4.41. The number of alkyl halides is 1. The normalized spacial score (nSPS) is 21.9. The molecule has 1 aliphatic carbocycles. The van der Waals surface area contributed by atoms with Crippen LogP contribution >= 0.6 is 15.9 Å². The standard InChI is InChI=1S/C5H9Br.Mg.2H/c6-5-3-1-2-4-5;;;/h5H,1-4H2;;;/q;+2;2*-1. The van der Waals surface area contributed by atoms with E-state index in [-0.39, 0.29) is 25.9 Å². The van der Waals surface area contributed by atoms with E-state index in [4.69, 9.17) is 0 Å². The van der Waals surface area contributed by atoms with E-state index >= 15 is 0 Å². The second-order valence-corrected chi connectivity index (χ2v) is 3.18. The zero-order valence-corrected chi connectivity index (χ0v) is 7.49. The predicted molar refractivity (Wildman–Crippen MR) is 39.2 cm³/mol. The Morgan fingerprint density at radius 3 is 1.86 bits per heavy atom. The van der Waals surface area contributed by atoms with Gasteiger partial charge in [-0.05, 0) is 12.8 Å². The molecule has 0 saturated heterocycles. The third-order valence-electron chi connectivity index (χ3n) is 1.28. The predicted octanol–water partition coefficient (Wildman–Crippen LogP) is 2.17. The Morgan fingerprint density at radius 2 is 1.71 bits per heavy atom. The van der Waals surface area contributed by atoms with Crippen LogP contribution in [0.4, 0.5) is 0 Å². The van der Waals surface area contributed by atoms with Crippen LogP contribution in [0.5, 0.6) is 0 Å². The van der Waals surface area contributed by atoms with Gasteiger partial charge in [0.25, 0.3) is 0 Å². The van der Waals surface area contributed by atoms with Gasteiger partial charge in [0, 0.05) is 4.83 Å². The Morgan fingerprint density at radius 1 is 1.29 bits per heavy atom. The minimum Gasteiger partial charge on any atom is -1.00 e. The number of hydrogen-bond donors (Lipinski definition) is 0. The van der Waals surface area contributed by atoms with Crippen molar-refractivity contribution in [1.29, 1.82) is 0 Å². The summed E-state index contributed by atoms with van der Waals surface area (Å²) >= 11 is 3.54. The van der Waals surface area contributed by atoms with Gasteiger partial charge in [-0.25, -0.2) is 0 Å². The fourth-order valence-corrected chi connectivity index (χ4v) is 1.52. The first kappa shape index (κ1) is 8.25. The smallest absolute Gasteiger partial charge is 1.00 e. The summed E-state index contributed by atoms with van der Waals surface area (Å²) in [4.78, 5) is 0.859. The van der Waals surface area contributed by atoms with Crippen molar-refractivity contribution in [2.24, 2.45) is 0 Å². The summed E-state index contributed by atoms with van der Waals surface area (Å²) in [6.07, 6.45) is 5.69. The first-order chi connectivity index (χ1) is 2.89. The Hall–Kier alpha value is 1.25. The van der Waals surface area contributed by atoms with Gasteiger partial charge in [-0.2, -0.15) is 0 Å². The van der Waals surface area contributed by atoms with E-state index in [2.05, 4.69) is 15.9 Å². The van der Waals surface area contributed by atoms with E-state index in [0.717, 1.165) is 4.83 Å². The van der Waals surface area contributed by atoms with Crippen molar-refractivity contribution >= 4 is 39.0 Å². The summed E-state index contributed by atoms with van der Waals surface area (Å²) in [5, 5.41) is 0. The van der Waals surface area contributed by atoms with Gasteiger partial charge in [-0.15, -0.1) is 0 Å². The van der Waals surface area contributed by atoms with Crippen molar-refractivity contribution < 1.29 is 2.85 Å². The van der Waals surface area contributed by atoms with Crippen LogP contribution in [0.15, 0.2) is 0 Å². The van der Waals surface area contributed by atoms with Crippen molar-refractivity contribution in [3.8, 4) is 0 Å². The summed E-state index contributed by atoms with van der Waals surface area (Å²) in [5.74, 6) is 0. The molecule has 0 aromatic carbocycles. The molecule has 1 aliphatic rings. The molecule has 0 atom stereocenters. The van der Waals surface area contributed by atoms with Gasteiger partial charge < -0.3 is 2.85 Å². The molecule has 1 saturated carbocycles. The van der Waals surface area contributed by atoms with E-state index in [0.29, 0.717) is 0 Å². The average molecular weight is 175 g/mol. The van der Waals surface area contributed by atoms with Crippen LogP contribution in [0.1, 0.15) is 28.5 Å². The average Bonchev–Trinajstić information content (AvgIpc) is 1.86. The third-order valence-corrected chi connectivity index (χ3v) is 2.20. The Bertz CT molecular complexity index is 48.2. The van der Waals surface area contributed by atoms with E-state index in [1.807, 2.05) is 0 Å². The summed E-state index contributed by atoms with van der Waals surface area (Å²) in [5.41, 5.74) is 0. The summed E-state index contributed by atoms with van der Waals surface area (Å²) in [7, 11) is 0. The molecule has 40 valence electrons. The van der Waals surface area contributed by atoms with Gasteiger partial charge >= 0.3 is 23.1 Å². The Balaban J connectivity index is -0.000000120. The molecule has 0 aliphatic heterocycles. The maximum atomic E-state index is 3.54. The molecule has 1 rings (SSSR count). The molecule has 1 fully saturated rings. The molecule has 0 nitrogen and oxygen atoms in total. The van der Waals surface area contributed by atoms with Crippen LogP contribution in [-0.4, -0.2) is 27.9 Å². The first-order valence-electron chi connectivity index (χ1n) is 2.53. The summed E-state index contributed by atoms with van der Waals surface area (Å²) in [6, 6.07) is 0. The van der Waals surface area contributed by atoms with E-state index in [1.54, 1.807) is 0 Å². The maximum absolute atomic E-state index is 3.54. The first-order valence-corrected chi connectivity index (χ1v) is 3.45. The molecule has 0 bridgehead atoms. The van der Waals surface area contributed by atoms with Crippen molar-refractivity contribution in [2.45, 2.75) is 30.5 Å². The molecule has 0 amide bonds. The van der Waals surface area contributed by atoms with Crippen molar-refractivity contribution in [1.82, 2.24) is 0 Å². The third kappa shape index (κ3) is 2.93. The molecule has 0 aromatic rings. The maximum Gasteiger partial charge on any atom is 2.00 e. The van der Waals surface area contributed by atoms with Gasteiger partial charge in [0.05, 0.1) is 0 Å². The van der Waals surface area contributed by atoms with Crippen molar-refractivity contribution in [3.63, 3.8) is 0 Å². The molecule has 0 radical (unpaired) electrons. The van der Waals surface area contributed by atoms with Crippen LogP contribution in [-0.2, 0) is 0 Å². The zero-order valence-electron chi connectivity index (χ0n) is 6.49. The Labute approximate surface area is 72.3 Å². The van der Waals surface area contributed by atoms with Crippen LogP contribution in [0.3, 0.4) is 0 Å². The van der Waals surface area contributed by atoms with Gasteiger partial charge in [0.1, 0.15) is 0 Å². The summed E-state index contributed by atoms with van der Waals surface area (Å²) < 4.78 is 0. The molecular formula is C5H11BrMg. The number of halogens is 1. The van der Waals surface area contributed by atoms with Gasteiger partial charge in [-0.3, -0.25) is 0 Å². The number of rotatable bonds is 0. The van der Waals surface area contributed by atoms with Crippen molar-refractivity contribution in [3.05, 3.63) is 0 Å². The molecule has 0 spiro atoms. The van der Waals surface area contributed by atoms with E-state index in [1.165, 1.54) is 25.7 Å². The molecule has 0 heterocycles. The minimum absolute atomic E-state index is 0. The topological polar surface area (TPSA) is 0 Å². The quantitative estimate of drug-likeness (QED) is 0.391. The van der Waals surface area contributed by atoms with Gasteiger partial charge in [0.2, 0.25) is 0 Å². The summed E-state index contributed by atoms with van der Waals surface area (Å²) in [6.45, 7) is 0.